The van der Waals surface area contributed by atoms with Crippen molar-refractivity contribution >= 4 is 11.8 Å². The van der Waals surface area contributed by atoms with Gasteiger partial charge in [-0.25, -0.2) is 0 Å². The van der Waals surface area contributed by atoms with E-state index in [1.165, 1.54) is 0 Å². The maximum atomic E-state index is 12.1. The van der Waals surface area contributed by atoms with E-state index < -0.39 is 17.4 Å². The number of hydrogen-bond acceptors (Lipinski definition) is 5. The molecule has 27 heavy (non-hydrogen) atoms. The van der Waals surface area contributed by atoms with E-state index >= 15 is 0 Å². The maximum absolute atomic E-state index is 12.1. The first-order valence-electron chi connectivity index (χ1n) is 8.65. The zero-order chi connectivity index (χ0) is 19.3. The van der Waals surface area contributed by atoms with Crippen LogP contribution in [0.4, 0.5) is 0 Å². The number of carbonyl (C=O) groups is 2. The molecule has 1 atom stereocenters. The van der Waals surface area contributed by atoms with Crippen molar-refractivity contribution in [1.82, 2.24) is 10.6 Å². The van der Waals surface area contributed by atoms with E-state index in [2.05, 4.69) is 10.6 Å². The molecule has 7 nitrogen and oxygen atoms in total. The fourth-order valence-electron chi connectivity index (χ4n) is 2.98. The molecule has 0 aromatic heterocycles. The minimum Gasteiger partial charge on any atom is -0.497 e. The van der Waals surface area contributed by atoms with Crippen LogP contribution >= 0.6 is 0 Å². The molecular formula is C20H22N2O5. The highest BCUT2D eigenvalue weighted by Crippen LogP contribution is 2.36. The van der Waals surface area contributed by atoms with Crippen molar-refractivity contribution in [3.05, 3.63) is 59.7 Å². The number of para-hydroxylation sites is 1. The van der Waals surface area contributed by atoms with E-state index in [9.17, 15) is 14.7 Å². The number of ether oxygens (including phenoxy) is 2. The van der Waals surface area contributed by atoms with Crippen molar-refractivity contribution in [3.63, 3.8) is 0 Å². The van der Waals surface area contributed by atoms with Crippen LogP contribution in [0.5, 0.6) is 11.5 Å². The molecule has 0 fully saturated rings. The van der Waals surface area contributed by atoms with Crippen molar-refractivity contribution in [2.75, 3.05) is 20.3 Å². The lowest BCUT2D eigenvalue weighted by atomic mass is 9.88. The zero-order valence-corrected chi connectivity index (χ0v) is 15.0. The molecule has 1 heterocycles. The lowest BCUT2D eigenvalue weighted by Crippen LogP contribution is -2.47. The van der Waals surface area contributed by atoms with Gasteiger partial charge in [-0.1, -0.05) is 30.3 Å². The van der Waals surface area contributed by atoms with Gasteiger partial charge in [0.15, 0.2) is 0 Å². The monoisotopic (exact) mass is 370 g/mol. The molecule has 1 aliphatic heterocycles. The number of hydrogen-bond donors (Lipinski definition) is 3. The number of aliphatic hydroxyl groups is 1. The minimum absolute atomic E-state index is 0.0706. The van der Waals surface area contributed by atoms with Gasteiger partial charge < -0.3 is 25.2 Å². The van der Waals surface area contributed by atoms with Gasteiger partial charge in [0.25, 0.3) is 0 Å². The van der Waals surface area contributed by atoms with Crippen molar-refractivity contribution in [2.24, 2.45) is 0 Å². The number of nitrogens with one attached hydrogen (secondary N) is 2. The molecule has 2 aromatic carbocycles. The average molecular weight is 370 g/mol. The number of amides is 2. The van der Waals surface area contributed by atoms with Crippen molar-refractivity contribution < 1.29 is 24.2 Å². The van der Waals surface area contributed by atoms with Crippen molar-refractivity contribution in [1.29, 1.82) is 0 Å². The molecule has 0 spiro atoms. The van der Waals surface area contributed by atoms with E-state index in [-0.39, 0.29) is 13.1 Å². The molecule has 0 saturated heterocycles. The van der Waals surface area contributed by atoms with Crippen LogP contribution in [0.25, 0.3) is 0 Å². The molecule has 0 saturated carbocycles. The number of benzene rings is 2. The van der Waals surface area contributed by atoms with Gasteiger partial charge in [-0.15, -0.1) is 0 Å². The third-order valence-electron chi connectivity index (χ3n) is 4.50. The van der Waals surface area contributed by atoms with Crippen molar-refractivity contribution in [3.8, 4) is 11.5 Å². The fourth-order valence-corrected chi connectivity index (χ4v) is 2.98. The Morgan fingerprint density at radius 2 is 1.93 bits per heavy atom. The Balaban J connectivity index is 1.55. The summed E-state index contributed by atoms with van der Waals surface area (Å²) < 4.78 is 10.6. The van der Waals surface area contributed by atoms with Gasteiger partial charge in [-0.05, 0) is 23.8 Å². The van der Waals surface area contributed by atoms with Gasteiger partial charge >= 0.3 is 11.8 Å². The van der Waals surface area contributed by atoms with E-state index in [4.69, 9.17) is 9.47 Å². The SMILES string of the molecule is COc1cccc(CNC(=O)C(=O)NCC2(O)CCOc3ccccc32)c1. The first kappa shape index (κ1) is 18.7. The largest absolute Gasteiger partial charge is 0.497 e. The Morgan fingerprint density at radius 3 is 2.74 bits per heavy atom. The second-order valence-corrected chi connectivity index (χ2v) is 6.34. The van der Waals surface area contributed by atoms with Crippen LogP contribution in [-0.4, -0.2) is 37.2 Å². The quantitative estimate of drug-likeness (QED) is 0.685. The molecule has 7 heteroatoms. The molecule has 3 rings (SSSR count). The van der Waals surface area contributed by atoms with Gasteiger partial charge in [-0.2, -0.15) is 0 Å². The number of fused-ring (bicyclic) bond motifs is 1. The van der Waals surface area contributed by atoms with E-state index in [0.717, 1.165) is 5.56 Å². The summed E-state index contributed by atoms with van der Waals surface area (Å²) >= 11 is 0. The second kappa shape index (κ2) is 8.09. The highest BCUT2D eigenvalue weighted by molar-refractivity contribution is 6.35. The highest BCUT2D eigenvalue weighted by atomic mass is 16.5. The minimum atomic E-state index is -1.27. The topological polar surface area (TPSA) is 96.9 Å². The summed E-state index contributed by atoms with van der Waals surface area (Å²) in [5, 5.41) is 15.9. The van der Waals surface area contributed by atoms with Crippen LogP contribution in [0.15, 0.2) is 48.5 Å². The maximum Gasteiger partial charge on any atom is 0.309 e. The van der Waals surface area contributed by atoms with Crippen molar-refractivity contribution in [2.45, 2.75) is 18.6 Å². The molecule has 1 aliphatic rings. The van der Waals surface area contributed by atoms with E-state index in [1.807, 2.05) is 12.1 Å². The standard InChI is InChI=1S/C20H22N2O5/c1-26-15-6-4-5-14(11-15)12-21-18(23)19(24)22-13-20(25)9-10-27-17-8-3-2-7-16(17)20/h2-8,11,25H,9-10,12-13H2,1H3,(H,21,23)(H,22,24). The van der Waals surface area contributed by atoms with Crippen LogP contribution < -0.4 is 20.1 Å². The first-order valence-corrected chi connectivity index (χ1v) is 8.65. The Labute approximate surface area is 157 Å². The summed E-state index contributed by atoms with van der Waals surface area (Å²) in [7, 11) is 1.56. The molecule has 0 aliphatic carbocycles. The number of methoxy groups -OCH3 is 1. The summed E-state index contributed by atoms with van der Waals surface area (Å²) in [6.45, 7) is 0.467. The van der Waals surface area contributed by atoms with Crippen LogP contribution in [0.1, 0.15) is 17.5 Å². The molecule has 0 bridgehead atoms. The Kier molecular flexibility index (Phi) is 5.61. The molecule has 1 unspecified atom stereocenters. The van der Waals surface area contributed by atoms with Crippen LogP contribution in [-0.2, 0) is 21.7 Å². The highest BCUT2D eigenvalue weighted by Gasteiger charge is 2.36. The summed E-state index contributed by atoms with van der Waals surface area (Å²) in [5.41, 5.74) is 0.151. The fraction of sp³-hybridized carbons (Fsp3) is 0.300. The van der Waals surface area contributed by atoms with Crippen LogP contribution in [0.3, 0.4) is 0 Å². The zero-order valence-electron chi connectivity index (χ0n) is 15.0. The lowest BCUT2D eigenvalue weighted by Gasteiger charge is -2.34. The predicted molar refractivity (Wildman–Crippen MR) is 98.3 cm³/mol. The summed E-state index contributed by atoms with van der Waals surface area (Å²) in [6.07, 6.45) is 0.329. The van der Waals surface area contributed by atoms with Crippen LogP contribution in [0, 0.1) is 0 Å². The predicted octanol–water partition coefficient (Wildman–Crippen LogP) is 1.10. The number of carbonyl (C=O) groups excluding carboxylic acids is 2. The third kappa shape index (κ3) is 4.38. The van der Waals surface area contributed by atoms with E-state index in [1.54, 1.807) is 43.5 Å². The average Bonchev–Trinajstić information content (AvgIpc) is 2.71. The van der Waals surface area contributed by atoms with Gasteiger partial charge in [0.2, 0.25) is 0 Å². The third-order valence-corrected chi connectivity index (χ3v) is 4.50. The van der Waals surface area contributed by atoms with E-state index in [0.29, 0.717) is 30.1 Å². The molecule has 0 radical (unpaired) electrons. The lowest BCUT2D eigenvalue weighted by molar-refractivity contribution is -0.140. The Morgan fingerprint density at radius 1 is 1.15 bits per heavy atom. The summed E-state index contributed by atoms with van der Waals surface area (Å²) in [5.74, 6) is -0.299. The smallest absolute Gasteiger partial charge is 0.309 e. The normalized spacial score (nSPS) is 18.0. The van der Waals surface area contributed by atoms with Gasteiger partial charge in [0, 0.05) is 18.5 Å². The molecule has 3 N–H and O–H groups in total. The Bertz CT molecular complexity index is 839. The second-order valence-electron chi connectivity index (χ2n) is 6.34. The molecular weight excluding hydrogens is 348 g/mol. The van der Waals surface area contributed by atoms with Gasteiger partial charge in [0.1, 0.15) is 17.1 Å². The number of rotatable bonds is 5. The first-order chi connectivity index (χ1) is 13.0. The molecule has 142 valence electrons. The van der Waals surface area contributed by atoms with Gasteiger partial charge in [0.05, 0.1) is 20.3 Å². The molecule has 2 aromatic rings. The molecule has 2 amide bonds. The summed E-state index contributed by atoms with van der Waals surface area (Å²) in [6, 6.07) is 14.3. The van der Waals surface area contributed by atoms with Gasteiger partial charge in [-0.3, -0.25) is 9.59 Å². The van der Waals surface area contributed by atoms with Crippen LogP contribution in [0.2, 0.25) is 0 Å². The Hall–Kier alpha value is -3.06. The summed E-state index contributed by atoms with van der Waals surface area (Å²) in [4.78, 5) is 24.1.